The van der Waals surface area contributed by atoms with Gasteiger partial charge in [0.25, 0.3) is 5.56 Å². The number of aromatic amines is 1. The summed E-state index contributed by atoms with van der Waals surface area (Å²) in [4.78, 5) is 25.0. The molecule has 0 aliphatic carbocycles. The summed E-state index contributed by atoms with van der Waals surface area (Å²) in [6, 6.07) is 1.06. The zero-order valence-electron chi connectivity index (χ0n) is 13.4. The van der Waals surface area contributed by atoms with Crippen LogP contribution in [0.15, 0.2) is 34.0 Å². The summed E-state index contributed by atoms with van der Waals surface area (Å²) >= 11 is 0. The number of hydrogen-bond acceptors (Lipinski definition) is 9. The average molecular weight is 359 g/mol. The van der Waals surface area contributed by atoms with Crippen LogP contribution in [0.25, 0.3) is 0 Å². The number of aliphatic hydroxyl groups is 4. The van der Waals surface area contributed by atoms with Crippen LogP contribution in [0.3, 0.4) is 0 Å². The molecule has 1 saturated heterocycles. The maximum atomic E-state index is 11.9. The minimum atomic E-state index is -1.53. The van der Waals surface area contributed by atoms with Crippen molar-refractivity contribution in [1.82, 2.24) is 14.9 Å². The molecule has 0 bridgehead atoms. The highest BCUT2D eigenvalue weighted by Gasteiger charge is 2.49. The Hall–Kier alpha value is -1.86. The minimum Gasteiger partial charge on any atom is -0.387 e. The fourth-order valence-electron chi connectivity index (χ4n) is 2.63. The van der Waals surface area contributed by atoms with E-state index in [0.29, 0.717) is 0 Å². The van der Waals surface area contributed by atoms with Crippen LogP contribution in [0.5, 0.6) is 0 Å². The summed E-state index contributed by atoms with van der Waals surface area (Å²) in [6.45, 7) is 2.88. The number of likely N-dealkylation sites (N-methyl/N-ethyl adjacent to an activating group) is 1. The summed E-state index contributed by atoms with van der Waals surface area (Å²) in [5.74, 6) is 0. The zero-order chi connectivity index (χ0) is 18.7. The average Bonchev–Trinajstić information content (AvgIpc) is 2.87. The van der Waals surface area contributed by atoms with E-state index in [4.69, 9.17) is 14.6 Å². The number of hydrogen-bond donors (Lipinski definition) is 6. The van der Waals surface area contributed by atoms with Crippen molar-refractivity contribution in [2.24, 2.45) is 0 Å². The number of rotatable bonds is 7. The predicted molar refractivity (Wildman–Crippen MR) is 83.4 cm³/mol. The maximum absolute atomic E-state index is 11.9. The largest absolute Gasteiger partial charge is 0.387 e. The van der Waals surface area contributed by atoms with Crippen LogP contribution < -0.4 is 16.6 Å². The molecular weight excluding hydrogens is 338 g/mol. The molecular formula is C14H21N3O8. The monoisotopic (exact) mass is 359 g/mol. The molecule has 6 N–H and O–H groups in total. The Morgan fingerprint density at radius 3 is 2.72 bits per heavy atom. The van der Waals surface area contributed by atoms with Crippen molar-refractivity contribution in [3.63, 3.8) is 0 Å². The second-order valence-electron chi connectivity index (χ2n) is 5.47. The van der Waals surface area contributed by atoms with Crippen LogP contribution in [0.2, 0.25) is 0 Å². The summed E-state index contributed by atoms with van der Waals surface area (Å²) in [5, 5.41) is 41.9. The summed E-state index contributed by atoms with van der Waals surface area (Å²) in [5.41, 5.74) is -1.42. The first kappa shape index (κ1) is 19.5. The van der Waals surface area contributed by atoms with Gasteiger partial charge in [0, 0.05) is 12.3 Å². The van der Waals surface area contributed by atoms with Gasteiger partial charge in [-0.25, -0.2) is 4.79 Å². The molecule has 25 heavy (non-hydrogen) atoms. The Labute approximate surface area is 141 Å². The van der Waals surface area contributed by atoms with E-state index < -0.39 is 54.9 Å². The molecule has 0 spiro atoms. The van der Waals surface area contributed by atoms with Gasteiger partial charge < -0.3 is 29.9 Å². The molecule has 6 atom stereocenters. The molecule has 11 heteroatoms. The van der Waals surface area contributed by atoms with Crippen molar-refractivity contribution < 1.29 is 29.9 Å². The summed E-state index contributed by atoms with van der Waals surface area (Å²) in [7, 11) is 1.45. The quantitative estimate of drug-likeness (QED) is 0.215. The van der Waals surface area contributed by atoms with Gasteiger partial charge in [0.2, 0.25) is 0 Å². The molecule has 0 aromatic carbocycles. The maximum Gasteiger partial charge on any atom is 0.330 e. The molecule has 5 unspecified atom stereocenters. The lowest BCUT2D eigenvalue weighted by atomic mass is 9.99. The Bertz CT molecular complexity index is 717. The van der Waals surface area contributed by atoms with Gasteiger partial charge >= 0.3 is 5.69 Å². The second kappa shape index (κ2) is 8.01. The third kappa shape index (κ3) is 3.88. The topological polar surface area (TPSA) is 166 Å². The Kier molecular flexibility index (Phi) is 6.24. The number of aromatic nitrogens is 2. The predicted octanol–water partition coefficient (Wildman–Crippen LogP) is -3.42. The van der Waals surface area contributed by atoms with E-state index in [1.165, 1.54) is 7.05 Å². The normalized spacial score (nSPS) is 28.7. The molecule has 1 aromatic heterocycles. The van der Waals surface area contributed by atoms with Gasteiger partial charge in [-0.3, -0.25) is 19.7 Å². The van der Waals surface area contributed by atoms with Crippen molar-refractivity contribution in [1.29, 1.82) is 0 Å². The highest BCUT2D eigenvalue weighted by Crippen LogP contribution is 2.33. The molecule has 1 aliphatic heterocycles. The molecule has 1 aliphatic rings. The first-order chi connectivity index (χ1) is 11.8. The van der Waals surface area contributed by atoms with E-state index in [0.717, 1.165) is 16.8 Å². The molecule has 140 valence electrons. The third-order valence-corrected chi connectivity index (χ3v) is 3.94. The number of nitrogens with zero attached hydrogens (tertiary/aromatic N) is 1. The number of nitrogens with one attached hydrogen (secondary N) is 2. The molecule has 0 radical (unpaired) electrons. The van der Waals surface area contributed by atoms with Gasteiger partial charge in [-0.15, -0.1) is 0 Å². The van der Waals surface area contributed by atoms with Gasteiger partial charge in [0.05, 0.1) is 0 Å². The van der Waals surface area contributed by atoms with E-state index >= 15 is 0 Å². The second-order valence-corrected chi connectivity index (χ2v) is 5.47. The first-order valence-corrected chi connectivity index (χ1v) is 7.41. The lowest BCUT2D eigenvalue weighted by Gasteiger charge is -2.29. The molecule has 2 rings (SSSR count). The van der Waals surface area contributed by atoms with Gasteiger partial charge in [-0.2, -0.15) is 0 Å². The van der Waals surface area contributed by atoms with Crippen LogP contribution in [-0.4, -0.2) is 74.5 Å². The lowest BCUT2D eigenvalue weighted by Crippen LogP contribution is -2.45. The van der Waals surface area contributed by atoms with Crippen molar-refractivity contribution in [3.8, 4) is 0 Å². The fraction of sp³-hybridized carbons (Fsp3) is 0.571. The van der Waals surface area contributed by atoms with Crippen LogP contribution >= 0.6 is 0 Å². The van der Waals surface area contributed by atoms with E-state index in [2.05, 4.69) is 11.9 Å². The van der Waals surface area contributed by atoms with Gasteiger partial charge in [-0.1, -0.05) is 6.58 Å². The number of aliphatic hydroxyl groups excluding tert-OH is 4. The van der Waals surface area contributed by atoms with Gasteiger partial charge in [0.15, 0.2) is 6.23 Å². The molecule has 0 amide bonds. The first-order valence-electron chi connectivity index (χ1n) is 7.41. The molecule has 2 heterocycles. The third-order valence-electron chi connectivity index (χ3n) is 3.94. The van der Waals surface area contributed by atoms with Gasteiger partial charge in [-0.05, 0) is 12.6 Å². The Morgan fingerprint density at radius 1 is 1.48 bits per heavy atom. The van der Waals surface area contributed by atoms with E-state index in [-0.39, 0.29) is 5.57 Å². The molecule has 11 nitrogen and oxygen atoms in total. The molecule has 1 fully saturated rings. The Balaban J connectivity index is 2.31. The van der Waals surface area contributed by atoms with Crippen LogP contribution in [0.4, 0.5) is 0 Å². The van der Waals surface area contributed by atoms with Crippen molar-refractivity contribution in [2.75, 3.05) is 13.8 Å². The number of ether oxygens (including phenoxy) is 2. The molecule has 1 aromatic rings. The fourth-order valence-corrected chi connectivity index (χ4v) is 2.63. The van der Waals surface area contributed by atoms with Crippen molar-refractivity contribution in [3.05, 3.63) is 45.3 Å². The van der Waals surface area contributed by atoms with Crippen molar-refractivity contribution >= 4 is 0 Å². The SMILES string of the molecule is C=C(C(O)NC)[C@H](OCO)C1OC(n2ccc(=O)[nH]c2=O)C(O)C1O. The minimum absolute atomic E-state index is 0.0438. The number of H-pyrrole nitrogens is 1. The smallest absolute Gasteiger partial charge is 0.330 e. The highest BCUT2D eigenvalue weighted by atomic mass is 16.6. The standard InChI is InChI=1S/C14H21N3O8/c1-6(12(22)15-2)10(24-5-18)11-8(20)9(21)13(25-11)17-4-3-7(19)16-14(17)23/h3-4,8-13,15,18,20-22H,1,5H2,2H3,(H,16,19,23)/t8?,9?,10-,11?,12?,13?/m0/s1. The van der Waals surface area contributed by atoms with Crippen LogP contribution in [0.1, 0.15) is 6.23 Å². The van der Waals surface area contributed by atoms with Crippen LogP contribution in [-0.2, 0) is 9.47 Å². The zero-order valence-corrected chi connectivity index (χ0v) is 13.4. The summed E-state index contributed by atoms with van der Waals surface area (Å²) in [6.07, 6.45) is -6.88. The van der Waals surface area contributed by atoms with E-state index in [9.17, 15) is 24.9 Å². The summed E-state index contributed by atoms with van der Waals surface area (Å²) < 4.78 is 11.5. The lowest BCUT2D eigenvalue weighted by molar-refractivity contribution is -0.131. The van der Waals surface area contributed by atoms with Crippen LogP contribution in [0, 0.1) is 0 Å². The molecule has 0 saturated carbocycles. The van der Waals surface area contributed by atoms with Gasteiger partial charge in [0.1, 0.15) is 37.4 Å². The van der Waals surface area contributed by atoms with Crippen molar-refractivity contribution in [2.45, 2.75) is 36.9 Å². The van der Waals surface area contributed by atoms with E-state index in [1.54, 1.807) is 0 Å². The van der Waals surface area contributed by atoms with E-state index in [1.807, 2.05) is 4.98 Å². The Morgan fingerprint density at radius 2 is 2.16 bits per heavy atom. The highest BCUT2D eigenvalue weighted by molar-refractivity contribution is 5.13.